The van der Waals surface area contributed by atoms with Crippen LogP contribution in [0.1, 0.15) is 21.5 Å². The van der Waals surface area contributed by atoms with Crippen LogP contribution in [0.3, 0.4) is 0 Å². The third kappa shape index (κ3) is 3.93. The molecule has 0 aliphatic carbocycles. The van der Waals surface area contributed by atoms with Crippen LogP contribution in [0.15, 0.2) is 72.8 Å². The summed E-state index contributed by atoms with van der Waals surface area (Å²) in [4.78, 5) is 12.2. The van der Waals surface area contributed by atoms with Crippen molar-refractivity contribution in [2.45, 2.75) is 6.42 Å². The summed E-state index contributed by atoms with van der Waals surface area (Å²) in [7, 11) is 0. The first-order valence-electron chi connectivity index (χ1n) is 7.64. The molecule has 0 unspecified atom stereocenters. The zero-order valence-corrected chi connectivity index (χ0v) is 13.1. The molecule has 4 nitrogen and oxygen atoms in total. The Morgan fingerprint density at radius 3 is 2.33 bits per heavy atom. The Hall–Kier alpha value is -3.27. The van der Waals surface area contributed by atoms with E-state index in [1.165, 1.54) is 12.1 Å². The van der Waals surface area contributed by atoms with Gasteiger partial charge in [-0.3, -0.25) is 4.79 Å². The molecule has 0 aromatic heterocycles. The Morgan fingerprint density at radius 1 is 0.917 bits per heavy atom. The highest BCUT2D eigenvalue weighted by atomic mass is 16.3. The number of carbonyl (C=O) groups excluding carboxylic acids is 1. The summed E-state index contributed by atoms with van der Waals surface area (Å²) < 4.78 is 0. The fraction of sp³-hybridized carbons (Fsp3) is 0.0500. The van der Waals surface area contributed by atoms with Crippen molar-refractivity contribution in [2.75, 3.05) is 11.1 Å². The number of carbonyl (C=O) groups is 1. The van der Waals surface area contributed by atoms with E-state index in [0.29, 0.717) is 5.56 Å². The molecule has 120 valence electrons. The molecule has 4 heteroatoms. The number of nitrogen functional groups attached to an aromatic ring is 1. The molecule has 3 rings (SSSR count). The molecular formula is C20H18N2O2. The van der Waals surface area contributed by atoms with Crippen LogP contribution in [0.5, 0.6) is 5.75 Å². The maximum Gasteiger partial charge on any atom is 0.255 e. The lowest BCUT2D eigenvalue weighted by Gasteiger charge is -2.08. The van der Waals surface area contributed by atoms with Gasteiger partial charge in [0.1, 0.15) is 5.75 Å². The quantitative estimate of drug-likeness (QED) is 0.640. The van der Waals surface area contributed by atoms with E-state index < -0.39 is 0 Å². The number of anilines is 2. The van der Waals surface area contributed by atoms with Gasteiger partial charge in [-0.15, -0.1) is 0 Å². The van der Waals surface area contributed by atoms with E-state index in [0.717, 1.165) is 28.9 Å². The Balaban J connectivity index is 1.71. The lowest BCUT2D eigenvalue weighted by atomic mass is 10.0. The molecule has 0 bridgehead atoms. The van der Waals surface area contributed by atoms with Gasteiger partial charge in [0, 0.05) is 16.9 Å². The second-order valence-corrected chi connectivity index (χ2v) is 5.62. The van der Waals surface area contributed by atoms with Gasteiger partial charge in [-0.25, -0.2) is 0 Å². The SMILES string of the molecule is Nc1ccc(Cc2cccc(NC(=O)c3ccc(O)cc3)c2)cc1. The van der Waals surface area contributed by atoms with E-state index in [9.17, 15) is 9.90 Å². The Morgan fingerprint density at radius 2 is 1.62 bits per heavy atom. The van der Waals surface area contributed by atoms with Crippen molar-refractivity contribution < 1.29 is 9.90 Å². The Labute approximate surface area is 140 Å². The van der Waals surface area contributed by atoms with Crippen LogP contribution >= 0.6 is 0 Å². The Kier molecular flexibility index (Phi) is 4.47. The van der Waals surface area contributed by atoms with Gasteiger partial charge >= 0.3 is 0 Å². The second-order valence-electron chi connectivity index (χ2n) is 5.62. The summed E-state index contributed by atoms with van der Waals surface area (Å²) in [5.74, 6) is -0.0725. The number of phenolic OH excluding ortho intramolecular Hbond substituents is 1. The van der Waals surface area contributed by atoms with Crippen LogP contribution < -0.4 is 11.1 Å². The van der Waals surface area contributed by atoms with Gasteiger partial charge in [-0.1, -0.05) is 24.3 Å². The first kappa shape index (κ1) is 15.6. The predicted molar refractivity (Wildman–Crippen MR) is 96.2 cm³/mol. The van der Waals surface area contributed by atoms with Crippen molar-refractivity contribution >= 4 is 17.3 Å². The smallest absolute Gasteiger partial charge is 0.255 e. The van der Waals surface area contributed by atoms with Crippen LogP contribution in [0.2, 0.25) is 0 Å². The van der Waals surface area contributed by atoms with Gasteiger partial charge in [-0.2, -0.15) is 0 Å². The monoisotopic (exact) mass is 318 g/mol. The normalized spacial score (nSPS) is 10.3. The van der Waals surface area contributed by atoms with Crippen LogP contribution in [-0.4, -0.2) is 11.0 Å². The van der Waals surface area contributed by atoms with E-state index in [2.05, 4.69) is 5.32 Å². The van der Waals surface area contributed by atoms with E-state index in [1.807, 2.05) is 48.5 Å². The number of amides is 1. The van der Waals surface area contributed by atoms with Gasteiger partial charge in [0.25, 0.3) is 5.91 Å². The molecule has 0 atom stereocenters. The van der Waals surface area contributed by atoms with Crippen LogP contribution in [0.25, 0.3) is 0 Å². The van der Waals surface area contributed by atoms with Crippen molar-refractivity contribution in [3.8, 4) is 5.75 Å². The van der Waals surface area contributed by atoms with Gasteiger partial charge < -0.3 is 16.2 Å². The number of nitrogens with one attached hydrogen (secondary N) is 1. The molecule has 3 aromatic rings. The molecular weight excluding hydrogens is 300 g/mol. The van der Waals surface area contributed by atoms with E-state index in [1.54, 1.807) is 12.1 Å². The third-order valence-corrected chi connectivity index (χ3v) is 3.70. The fourth-order valence-electron chi connectivity index (χ4n) is 2.45. The molecule has 0 aliphatic rings. The summed E-state index contributed by atoms with van der Waals surface area (Å²) >= 11 is 0. The number of hydrogen-bond acceptors (Lipinski definition) is 3. The summed E-state index contributed by atoms with van der Waals surface area (Å²) in [6.45, 7) is 0. The molecule has 0 radical (unpaired) electrons. The highest BCUT2D eigenvalue weighted by Gasteiger charge is 2.06. The summed E-state index contributed by atoms with van der Waals surface area (Å²) in [5, 5.41) is 12.2. The highest BCUT2D eigenvalue weighted by molar-refractivity contribution is 6.04. The molecule has 0 saturated heterocycles. The molecule has 0 fully saturated rings. The van der Waals surface area contributed by atoms with E-state index in [4.69, 9.17) is 5.73 Å². The minimum absolute atomic E-state index is 0.136. The van der Waals surface area contributed by atoms with Crippen LogP contribution in [-0.2, 0) is 6.42 Å². The highest BCUT2D eigenvalue weighted by Crippen LogP contribution is 2.17. The number of benzene rings is 3. The summed E-state index contributed by atoms with van der Waals surface area (Å²) in [5.41, 5.74) is 9.94. The number of aromatic hydroxyl groups is 1. The number of phenols is 1. The molecule has 0 saturated carbocycles. The number of hydrogen-bond donors (Lipinski definition) is 3. The maximum absolute atomic E-state index is 12.2. The van der Waals surface area contributed by atoms with Gasteiger partial charge in [-0.05, 0) is 66.1 Å². The maximum atomic E-state index is 12.2. The van der Waals surface area contributed by atoms with Gasteiger partial charge in [0.05, 0.1) is 0 Å². The molecule has 0 heterocycles. The molecule has 24 heavy (non-hydrogen) atoms. The molecule has 0 aliphatic heterocycles. The topological polar surface area (TPSA) is 75.3 Å². The minimum atomic E-state index is -0.209. The zero-order chi connectivity index (χ0) is 16.9. The fourth-order valence-corrected chi connectivity index (χ4v) is 2.45. The van der Waals surface area contributed by atoms with Gasteiger partial charge in [0.2, 0.25) is 0 Å². The summed E-state index contributed by atoms with van der Waals surface area (Å²) in [6.07, 6.45) is 0.767. The van der Waals surface area contributed by atoms with E-state index in [-0.39, 0.29) is 11.7 Å². The molecule has 1 amide bonds. The predicted octanol–water partition coefficient (Wildman–Crippen LogP) is 3.82. The number of nitrogens with two attached hydrogens (primary N) is 1. The third-order valence-electron chi connectivity index (χ3n) is 3.70. The molecule has 0 spiro atoms. The molecule has 3 aromatic carbocycles. The van der Waals surface area contributed by atoms with Crippen molar-refractivity contribution in [3.05, 3.63) is 89.5 Å². The second kappa shape index (κ2) is 6.87. The van der Waals surface area contributed by atoms with Crippen LogP contribution in [0.4, 0.5) is 11.4 Å². The van der Waals surface area contributed by atoms with Crippen molar-refractivity contribution in [2.24, 2.45) is 0 Å². The minimum Gasteiger partial charge on any atom is -0.508 e. The molecule has 4 N–H and O–H groups in total. The average molecular weight is 318 g/mol. The van der Waals surface area contributed by atoms with Gasteiger partial charge in [0.15, 0.2) is 0 Å². The average Bonchev–Trinajstić information content (AvgIpc) is 2.58. The zero-order valence-electron chi connectivity index (χ0n) is 13.1. The largest absolute Gasteiger partial charge is 0.508 e. The van der Waals surface area contributed by atoms with Crippen molar-refractivity contribution in [3.63, 3.8) is 0 Å². The first-order valence-corrected chi connectivity index (χ1v) is 7.64. The lowest BCUT2D eigenvalue weighted by molar-refractivity contribution is 0.102. The standard InChI is InChI=1S/C20H18N2O2/c21-17-8-4-14(5-9-17)12-15-2-1-3-18(13-15)22-20(24)16-6-10-19(23)11-7-16/h1-11,13,23H,12,21H2,(H,22,24). The lowest BCUT2D eigenvalue weighted by Crippen LogP contribution is -2.11. The van der Waals surface area contributed by atoms with Crippen molar-refractivity contribution in [1.29, 1.82) is 0 Å². The first-order chi connectivity index (χ1) is 11.6. The van der Waals surface area contributed by atoms with Crippen molar-refractivity contribution in [1.82, 2.24) is 0 Å². The summed E-state index contributed by atoms with van der Waals surface area (Å²) in [6, 6.07) is 21.7. The van der Waals surface area contributed by atoms with E-state index >= 15 is 0 Å². The van der Waals surface area contributed by atoms with Crippen LogP contribution in [0, 0.1) is 0 Å². The Bertz CT molecular complexity index is 840. The number of rotatable bonds is 4.